The van der Waals surface area contributed by atoms with Crippen molar-refractivity contribution in [2.24, 2.45) is 7.05 Å². The third-order valence-electron chi connectivity index (χ3n) is 2.79. The summed E-state index contributed by atoms with van der Waals surface area (Å²) in [5, 5.41) is 17.4. The summed E-state index contributed by atoms with van der Waals surface area (Å²) < 4.78 is 1.68. The van der Waals surface area contributed by atoms with Crippen molar-refractivity contribution >= 4 is 22.3 Å². The first-order valence-corrected chi connectivity index (χ1v) is 6.55. The minimum Gasteiger partial charge on any atom is -0.315 e. The Labute approximate surface area is 110 Å². The fourth-order valence-corrected chi connectivity index (χ4v) is 2.75. The molecule has 0 aromatic carbocycles. The van der Waals surface area contributed by atoms with Gasteiger partial charge in [-0.05, 0) is 20.3 Å². The molecule has 2 rings (SSSR count). The third kappa shape index (κ3) is 2.09. The van der Waals surface area contributed by atoms with Gasteiger partial charge in [-0.25, -0.2) is 4.98 Å². The molecule has 18 heavy (non-hydrogen) atoms. The Morgan fingerprint density at radius 3 is 2.72 bits per heavy atom. The molecule has 0 saturated carbocycles. The lowest BCUT2D eigenvalue weighted by Crippen LogP contribution is -2.00. The smallest absolute Gasteiger partial charge is 0.188 e. The highest BCUT2D eigenvalue weighted by molar-refractivity contribution is 7.15. The number of aromatic nitrogens is 3. The van der Waals surface area contributed by atoms with E-state index in [-0.39, 0.29) is 0 Å². The van der Waals surface area contributed by atoms with E-state index in [1.165, 1.54) is 4.88 Å². The van der Waals surface area contributed by atoms with Gasteiger partial charge in [0.1, 0.15) is 17.5 Å². The Morgan fingerprint density at radius 2 is 2.17 bits per heavy atom. The number of thiazole rings is 1. The number of anilines is 2. The van der Waals surface area contributed by atoms with Gasteiger partial charge >= 0.3 is 0 Å². The molecule has 5 nitrogen and oxygen atoms in total. The molecule has 0 fully saturated rings. The maximum Gasteiger partial charge on any atom is 0.188 e. The maximum absolute atomic E-state index is 9.14. The van der Waals surface area contributed by atoms with Crippen LogP contribution in [0.4, 0.5) is 10.9 Å². The fourth-order valence-electron chi connectivity index (χ4n) is 1.85. The van der Waals surface area contributed by atoms with Gasteiger partial charge in [0.25, 0.3) is 0 Å². The molecule has 0 aliphatic heterocycles. The van der Waals surface area contributed by atoms with Gasteiger partial charge in [-0.2, -0.15) is 10.4 Å². The van der Waals surface area contributed by atoms with Crippen LogP contribution >= 0.6 is 11.3 Å². The predicted molar refractivity (Wildman–Crippen MR) is 72.2 cm³/mol. The first-order valence-electron chi connectivity index (χ1n) is 5.73. The Morgan fingerprint density at radius 1 is 1.44 bits per heavy atom. The molecule has 2 aromatic rings. The lowest BCUT2D eigenvalue weighted by Gasteiger charge is -2.02. The molecule has 94 valence electrons. The molecule has 0 aliphatic carbocycles. The summed E-state index contributed by atoms with van der Waals surface area (Å²) >= 11 is 1.60. The van der Waals surface area contributed by atoms with Crippen LogP contribution in [0.2, 0.25) is 0 Å². The van der Waals surface area contributed by atoms with E-state index in [2.05, 4.69) is 35.3 Å². The molecule has 0 bridgehead atoms. The Kier molecular flexibility index (Phi) is 3.34. The van der Waals surface area contributed by atoms with Gasteiger partial charge in [0.05, 0.1) is 11.4 Å². The van der Waals surface area contributed by atoms with Crippen LogP contribution < -0.4 is 5.32 Å². The molecule has 2 heterocycles. The standard InChI is InChI=1S/C12H15N5S/c1-5-10-8(3)18-12(14-10)15-11-9(6-13)7(2)16-17(11)4/h5H2,1-4H3,(H,14,15). The summed E-state index contributed by atoms with van der Waals surface area (Å²) in [6.45, 7) is 5.97. The summed E-state index contributed by atoms with van der Waals surface area (Å²) in [7, 11) is 1.82. The normalized spacial score (nSPS) is 10.4. The van der Waals surface area contributed by atoms with Crippen molar-refractivity contribution in [2.75, 3.05) is 5.32 Å². The summed E-state index contributed by atoms with van der Waals surface area (Å²) in [4.78, 5) is 5.71. The summed E-state index contributed by atoms with van der Waals surface area (Å²) in [6.07, 6.45) is 0.916. The van der Waals surface area contributed by atoms with E-state index < -0.39 is 0 Å². The van der Waals surface area contributed by atoms with Crippen LogP contribution in [0, 0.1) is 25.2 Å². The molecule has 0 amide bonds. The zero-order chi connectivity index (χ0) is 13.3. The number of hydrogen-bond acceptors (Lipinski definition) is 5. The molecule has 1 N–H and O–H groups in total. The Hall–Kier alpha value is -1.87. The largest absolute Gasteiger partial charge is 0.315 e. The van der Waals surface area contributed by atoms with Crippen molar-refractivity contribution in [3.8, 4) is 6.07 Å². The van der Waals surface area contributed by atoms with Crippen molar-refractivity contribution < 1.29 is 0 Å². The van der Waals surface area contributed by atoms with Crippen molar-refractivity contribution in [1.29, 1.82) is 5.26 Å². The van der Waals surface area contributed by atoms with Gasteiger partial charge in [0.15, 0.2) is 5.13 Å². The first kappa shape index (κ1) is 12.6. The average Bonchev–Trinajstić information content (AvgIpc) is 2.80. The zero-order valence-corrected chi connectivity index (χ0v) is 11.7. The number of nitrogens with one attached hydrogen (secondary N) is 1. The summed E-state index contributed by atoms with van der Waals surface area (Å²) in [5.74, 6) is 0.700. The lowest BCUT2D eigenvalue weighted by atomic mass is 10.3. The summed E-state index contributed by atoms with van der Waals surface area (Å²) in [5.41, 5.74) is 2.40. The Balaban J connectivity index is 2.37. The average molecular weight is 261 g/mol. The third-order valence-corrected chi connectivity index (χ3v) is 3.72. The molecule has 0 saturated heterocycles. The van der Waals surface area contributed by atoms with E-state index in [0.29, 0.717) is 11.4 Å². The van der Waals surface area contributed by atoms with Gasteiger partial charge in [-0.15, -0.1) is 11.3 Å². The van der Waals surface area contributed by atoms with E-state index in [0.717, 1.165) is 22.9 Å². The second-order valence-electron chi connectivity index (χ2n) is 4.04. The fraction of sp³-hybridized carbons (Fsp3) is 0.417. The number of aryl methyl sites for hydroxylation is 4. The van der Waals surface area contributed by atoms with E-state index in [9.17, 15) is 0 Å². The molecule has 2 aromatic heterocycles. The number of nitriles is 1. The van der Waals surface area contributed by atoms with Crippen LogP contribution in [0.5, 0.6) is 0 Å². The Bertz CT molecular complexity index is 617. The predicted octanol–water partition coefficient (Wildman–Crippen LogP) is 2.67. The number of nitrogens with zero attached hydrogens (tertiary/aromatic N) is 4. The maximum atomic E-state index is 9.14. The quantitative estimate of drug-likeness (QED) is 0.922. The molecular weight excluding hydrogens is 246 g/mol. The molecule has 0 atom stereocenters. The van der Waals surface area contributed by atoms with E-state index in [1.54, 1.807) is 16.0 Å². The minimum atomic E-state index is 0.573. The second-order valence-corrected chi connectivity index (χ2v) is 5.25. The molecule has 0 radical (unpaired) electrons. The van der Waals surface area contributed by atoms with Crippen LogP contribution in [0.3, 0.4) is 0 Å². The molecule has 0 spiro atoms. The van der Waals surface area contributed by atoms with Gasteiger partial charge in [0.2, 0.25) is 0 Å². The monoisotopic (exact) mass is 261 g/mol. The molecule has 0 unspecified atom stereocenters. The SMILES string of the molecule is CCc1nc(Nc2c(C#N)c(C)nn2C)sc1C. The van der Waals surface area contributed by atoms with Gasteiger partial charge in [-0.1, -0.05) is 6.92 Å². The molecule has 0 aliphatic rings. The molecular formula is C12H15N5S. The number of rotatable bonds is 3. The van der Waals surface area contributed by atoms with Crippen molar-refractivity contribution in [1.82, 2.24) is 14.8 Å². The van der Waals surface area contributed by atoms with Crippen molar-refractivity contribution in [2.45, 2.75) is 27.2 Å². The van der Waals surface area contributed by atoms with Crippen LogP contribution in [0.15, 0.2) is 0 Å². The topological polar surface area (TPSA) is 66.5 Å². The van der Waals surface area contributed by atoms with Crippen LogP contribution in [-0.2, 0) is 13.5 Å². The van der Waals surface area contributed by atoms with Crippen LogP contribution in [-0.4, -0.2) is 14.8 Å². The molecule has 6 heteroatoms. The highest BCUT2D eigenvalue weighted by atomic mass is 32.1. The summed E-state index contributed by atoms with van der Waals surface area (Å²) in [6, 6.07) is 2.17. The van der Waals surface area contributed by atoms with Crippen molar-refractivity contribution in [3.63, 3.8) is 0 Å². The van der Waals surface area contributed by atoms with Gasteiger partial charge < -0.3 is 5.32 Å². The highest BCUT2D eigenvalue weighted by Crippen LogP contribution is 2.27. The zero-order valence-electron chi connectivity index (χ0n) is 10.9. The van der Waals surface area contributed by atoms with Gasteiger partial charge in [-0.3, -0.25) is 4.68 Å². The number of hydrogen-bond donors (Lipinski definition) is 1. The van der Waals surface area contributed by atoms with E-state index >= 15 is 0 Å². The van der Waals surface area contributed by atoms with Gasteiger partial charge in [0, 0.05) is 11.9 Å². The first-order chi connectivity index (χ1) is 8.56. The van der Waals surface area contributed by atoms with Crippen molar-refractivity contribution in [3.05, 3.63) is 21.8 Å². The van der Waals surface area contributed by atoms with E-state index in [1.807, 2.05) is 14.0 Å². The lowest BCUT2D eigenvalue weighted by molar-refractivity contribution is 0.764. The minimum absolute atomic E-state index is 0.573. The van der Waals surface area contributed by atoms with Crippen LogP contribution in [0.1, 0.15) is 28.8 Å². The highest BCUT2D eigenvalue weighted by Gasteiger charge is 2.15. The second kappa shape index (κ2) is 4.78. The van der Waals surface area contributed by atoms with Crippen LogP contribution in [0.25, 0.3) is 0 Å². The van der Waals surface area contributed by atoms with E-state index in [4.69, 9.17) is 5.26 Å².